The van der Waals surface area contributed by atoms with Crippen LogP contribution in [-0.4, -0.2) is 21.0 Å². The van der Waals surface area contributed by atoms with Crippen molar-refractivity contribution in [2.24, 2.45) is 0 Å². The average Bonchev–Trinajstić information content (AvgIpc) is 2.40. The lowest BCUT2D eigenvalue weighted by molar-refractivity contribution is -0.384. The molecule has 0 aliphatic rings. The van der Waals surface area contributed by atoms with E-state index in [0.29, 0.717) is 5.69 Å². The minimum atomic E-state index is -1.22. The van der Waals surface area contributed by atoms with Gasteiger partial charge in [0.15, 0.2) is 5.75 Å². The van der Waals surface area contributed by atoms with Crippen LogP contribution in [0.3, 0.4) is 0 Å². The van der Waals surface area contributed by atoms with Gasteiger partial charge in [0, 0.05) is 24.0 Å². The number of rotatable bonds is 4. The number of aryl methyl sites for hydroxylation is 1. The van der Waals surface area contributed by atoms with Crippen molar-refractivity contribution in [3.63, 3.8) is 0 Å². The van der Waals surface area contributed by atoms with Crippen molar-refractivity contribution in [2.75, 3.05) is 0 Å². The van der Waals surface area contributed by atoms with Gasteiger partial charge in [-0.15, -0.1) is 0 Å². The quantitative estimate of drug-likeness (QED) is 0.685. The van der Waals surface area contributed by atoms with E-state index < -0.39 is 10.9 Å². The molecule has 1 aromatic carbocycles. The summed E-state index contributed by atoms with van der Waals surface area (Å²) in [6.07, 6.45) is 1.15. The number of pyridine rings is 1. The fourth-order valence-electron chi connectivity index (χ4n) is 1.58. The van der Waals surface area contributed by atoms with Crippen LogP contribution in [0.5, 0.6) is 11.5 Å². The van der Waals surface area contributed by atoms with Crippen molar-refractivity contribution in [1.82, 2.24) is 4.98 Å². The van der Waals surface area contributed by atoms with E-state index in [4.69, 9.17) is 21.4 Å². The molecule has 0 radical (unpaired) electrons. The van der Waals surface area contributed by atoms with Gasteiger partial charge < -0.3 is 9.84 Å². The number of aromatic nitrogens is 1. The van der Waals surface area contributed by atoms with Crippen molar-refractivity contribution < 1.29 is 19.6 Å². The molecule has 0 saturated heterocycles. The first-order valence-electron chi connectivity index (χ1n) is 5.70. The molecule has 2 rings (SSSR count). The standard InChI is InChI=1S/C13H9ClN2O5/c1-7-4-11(9(6-15-7)13(17)18)21-12-5-8(16(19)20)2-3-10(12)14/h2-6H,1H3,(H,17,18). The second kappa shape index (κ2) is 5.76. The van der Waals surface area contributed by atoms with Gasteiger partial charge in [0.2, 0.25) is 0 Å². The molecule has 0 amide bonds. The molecule has 7 nitrogen and oxygen atoms in total. The van der Waals surface area contributed by atoms with Crippen LogP contribution in [0.1, 0.15) is 16.1 Å². The van der Waals surface area contributed by atoms with Crippen molar-refractivity contribution in [2.45, 2.75) is 6.92 Å². The third kappa shape index (κ3) is 3.26. The number of hydrogen-bond acceptors (Lipinski definition) is 5. The molecule has 0 aliphatic carbocycles. The molecule has 21 heavy (non-hydrogen) atoms. The molecule has 0 spiro atoms. The van der Waals surface area contributed by atoms with E-state index in [0.717, 1.165) is 12.3 Å². The van der Waals surface area contributed by atoms with Gasteiger partial charge in [0.1, 0.15) is 11.3 Å². The van der Waals surface area contributed by atoms with E-state index in [1.165, 1.54) is 18.2 Å². The molecule has 1 N–H and O–H groups in total. The first-order valence-corrected chi connectivity index (χ1v) is 6.08. The number of carbonyl (C=O) groups is 1. The minimum absolute atomic E-state index is 0.000957. The molecule has 0 atom stereocenters. The number of carboxylic acid groups (broad SMARTS) is 1. The summed E-state index contributed by atoms with van der Waals surface area (Å²) >= 11 is 5.91. The van der Waals surface area contributed by atoms with Gasteiger partial charge in [-0.1, -0.05) is 11.6 Å². The molecule has 0 unspecified atom stereocenters. The molecular formula is C13H9ClN2O5. The van der Waals surface area contributed by atoms with E-state index in [9.17, 15) is 14.9 Å². The smallest absolute Gasteiger partial charge is 0.341 e. The molecule has 8 heteroatoms. The van der Waals surface area contributed by atoms with E-state index in [1.807, 2.05) is 0 Å². The van der Waals surface area contributed by atoms with E-state index in [1.54, 1.807) is 6.92 Å². The summed E-state index contributed by atoms with van der Waals surface area (Å²) in [5, 5.41) is 20.0. The van der Waals surface area contributed by atoms with Gasteiger partial charge in [-0.2, -0.15) is 0 Å². The van der Waals surface area contributed by atoms with Crippen LogP contribution in [-0.2, 0) is 0 Å². The molecule has 108 valence electrons. The van der Waals surface area contributed by atoms with Crippen LogP contribution in [0, 0.1) is 17.0 Å². The maximum Gasteiger partial charge on any atom is 0.341 e. The summed E-state index contributed by atoms with van der Waals surface area (Å²) in [5.74, 6) is -1.21. The Morgan fingerprint density at radius 3 is 2.71 bits per heavy atom. The SMILES string of the molecule is Cc1cc(Oc2cc([N+](=O)[O-])ccc2Cl)c(C(=O)O)cn1. The summed E-state index contributed by atoms with van der Waals surface area (Å²) in [5.41, 5.74) is 0.164. The second-order valence-electron chi connectivity index (χ2n) is 4.10. The fourth-order valence-corrected chi connectivity index (χ4v) is 1.74. The number of benzene rings is 1. The number of aromatic carboxylic acids is 1. The summed E-state index contributed by atoms with van der Waals surface area (Å²) < 4.78 is 5.42. The molecular weight excluding hydrogens is 300 g/mol. The number of halogens is 1. The first-order chi connectivity index (χ1) is 9.88. The average molecular weight is 309 g/mol. The van der Waals surface area contributed by atoms with Crippen LogP contribution in [0.25, 0.3) is 0 Å². The molecule has 0 aliphatic heterocycles. The van der Waals surface area contributed by atoms with Crippen molar-refractivity contribution in [1.29, 1.82) is 0 Å². The molecule has 2 aromatic rings. The highest BCUT2D eigenvalue weighted by Crippen LogP contribution is 2.34. The van der Waals surface area contributed by atoms with Crippen LogP contribution >= 0.6 is 11.6 Å². The highest BCUT2D eigenvalue weighted by molar-refractivity contribution is 6.32. The lowest BCUT2D eigenvalue weighted by Gasteiger charge is -2.10. The van der Waals surface area contributed by atoms with E-state index in [2.05, 4.69) is 4.98 Å². The number of nitro benzene ring substituents is 1. The molecule has 1 aromatic heterocycles. The lowest BCUT2D eigenvalue weighted by Crippen LogP contribution is -2.02. The van der Waals surface area contributed by atoms with E-state index >= 15 is 0 Å². The number of hydrogen-bond donors (Lipinski definition) is 1. The predicted molar refractivity (Wildman–Crippen MR) is 74.1 cm³/mol. The normalized spacial score (nSPS) is 10.2. The number of carboxylic acids is 1. The second-order valence-corrected chi connectivity index (χ2v) is 4.51. The van der Waals surface area contributed by atoms with Crippen LogP contribution < -0.4 is 4.74 Å². The Balaban J connectivity index is 2.47. The number of non-ortho nitro benzene ring substituents is 1. The summed E-state index contributed by atoms with van der Waals surface area (Å²) in [6.45, 7) is 1.66. The minimum Gasteiger partial charge on any atom is -0.477 e. The van der Waals surface area contributed by atoms with Crippen LogP contribution in [0.2, 0.25) is 5.02 Å². The zero-order valence-electron chi connectivity index (χ0n) is 10.7. The largest absolute Gasteiger partial charge is 0.477 e. The van der Waals surface area contributed by atoms with Gasteiger partial charge in [0.05, 0.1) is 16.0 Å². The zero-order valence-corrected chi connectivity index (χ0v) is 11.5. The Morgan fingerprint density at radius 2 is 2.10 bits per heavy atom. The Labute approximate surface area is 123 Å². The molecule has 0 fully saturated rings. The summed E-state index contributed by atoms with van der Waals surface area (Å²) in [4.78, 5) is 25.1. The van der Waals surface area contributed by atoms with E-state index in [-0.39, 0.29) is 27.8 Å². The zero-order chi connectivity index (χ0) is 15.6. The Kier molecular flexibility index (Phi) is 4.04. The predicted octanol–water partition coefficient (Wildman–Crippen LogP) is 3.44. The fraction of sp³-hybridized carbons (Fsp3) is 0.0769. The molecule has 0 bridgehead atoms. The Bertz CT molecular complexity index is 732. The van der Waals surface area contributed by atoms with Crippen molar-refractivity contribution in [3.05, 3.63) is 56.9 Å². The van der Waals surface area contributed by atoms with Gasteiger partial charge in [-0.3, -0.25) is 15.1 Å². The van der Waals surface area contributed by atoms with Gasteiger partial charge in [0.25, 0.3) is 5.69 Å². The monoisotopic (exact) mass is 308 g/mol. The third-order valence-corrected chi connectivity index (χ3v) is 2.89. The Hall–Kier alpha value is -2.67. The van der Waals surface area contributed by atoms with Gasteiger partial charge in [-0.25, -0.2) is 4.79 Å². The number of nitrogens with zero attached hydrogens (tertiary/aromatic N) is 2. The lowest BCUT2D eigenvalue weighted by atomic mass is 10.2. The van der Waals surface area contributed by atoms with Crippen LogP contribution in [0.15, 0.2) is 30.5 Å². The van der Waals surface area contributed by atoms with Gasteiger partial charge in [-0.05, 0) is 13.0 Å². The Morgan fingerprint density at radius 1 is 1.38 bits per heavy atom. The highest BCUT2D eigenvalue weighted by Gasteiger charge is 2.16. The van der Waals surface area contributed by atoms with Crippen LogP contribution in [0.4, 0.5) is 5.69 Å². The number of nitro groups is 1. The first kappa shape index (κ1) is 14.7. The van der Waals surface area contributed by atoms with Gasteiger partial charge >= 0.3 is 5.97 Å². The topological polar surface area (TPSA) is 103 Å². The van der Waals surface area contributed by atoms with Crippen molar-refractivity contribution >= 4 is 23.3 Å². The molecule has 1 heterocycles. The summed E-state index contributed by atoms with van der Waals surface area (Å²) in [7, 11) is 0. The number of ether oxygens (including phenoxy) is 1. The third-order valence-electron chi connectivity index (χ3n) is 2.58. The summed E-state index contributed by atoms with van der Waals surface area (Å²) in [6, 6.07) is 5.08. The highest BCUT2D eigenvalue weighted by atomic mass is 35.5. The maximum atomic E-state index is 11.1. The molecule has 0 saturated carbocycles. The van der Waals surface area contributed by atoms with Crippen molar-refractivity contribution in [3.8, 4) is 11.5 Å². The maximum absolute atomic E-state index is 11.1.